The minimum absolute atomic E-state index is 0.0540. The summed E-state index contributed by atoms with van der Waals surface area (Å²) in [5.74, 6) is -1.97. The molecule has 6 nitrogen and oxygen atoms in total. The zero-order chi connectivity index (χ0) is 17.9. The van der Waals surface area contributed by atoms with Crippen LogP contribution in [0.2, 0.25) is 0 Å². The number of pyridine rings is 1. The van der Waals surface area contributed by atoms with E-state index in [2.05, 4.69) is 4.98 Å². The largest absolute Gasteiger partial charge is 0.503 e. The smallest absolute Gasteiger partial charge is 0.265 e. The number of nitrogens with one attached hydrogen (secondary N) is 1. The molecule has 1 aromatic rings. The van der Waals surface area contributed by atoms with E-state index in [9.17, 15) is 14.7 Å². The maximum Gasteiger partial charge on any atom is 0.265 e. The number of hydrogen-bond donors (Lipinski definition) is 2. The molecule has 0 unspecified atom stereocenters. The number of carbonyl (C=O) groups is 1. The van der Waals surface area contributed by atoms with Crippen LogP contribution < -0.4 is 15.0 Å². The van der Waals surface area contributed by atoms with Crippen LogP contribution in [0.1, 0.15) is 37.6 Å². The first-order valence-corrected chi connectivity index (χ1v) is 7.79. The van der Waals surface area contributed by atoms with Crippen LogP contribution >= 0.6 is 23.2 Å². The third-order valence-electron chi connectivity index (χ3n) is 3.79. The number of Topliss-reactive ketones (excluding diaryl/α,β-unsaturated/α-hetero) is 1. The van der Waals surface area contributed by atoms with Gasteiger partial charge in [-0.25, -0.2) is 0 Å². The first-order chi connectivity index (χ1) is 10.5. The summed E-state index contributed by atoms with van der Waals surface area (Å²) in [5.41, 5.74) is -1.11. The van der Waals surface area contributed by atoms with Crippen molar-refractivity contribution in [2.75, 3.05) is 14.2 Å². The normalized spacial score (nSPS) is 14.2. The van der Waals surface area contributed by atoms with E-state index in [4.69, 9.17) is 32.7 Å². The second-order valence-corrected chi connectivity index (χ2v) is 7.37. The minimum atomic E-state index is -0.999. The van der Waals surface area contributed by atoms with Crippen LogP contribution in [0.5, 0.6) is 17.4 Å². The summed E-state index contributed by atoms with van der Waals surface area (Å²) >= 11 is 12.1. The van der Waals surface area contributed by atoms with Gasteiger partial charge in [-0.3, -0.25) is 14.6 Å². The predicted molar refractivity (Wildman–Crippen MR) is 89.2 cm³/mol. The van der Waals surface area contributed by atoms with E-state index in [0.29, 0.717) is 6.42 Å². The number of ketones is 1. The molecule has 130 valence electrons. The molecule has 0 saturated heterocycles. The lowest BCUT2D eigenvalue weighted by Gasteiger charge is -2.24. The number of hydrogen-bond acceptors (Lipinski definition) is 5. The Morgan fingerprint density at radius 2 is 1.87 bits per heavy atom. The number of ether oxygens (including phenoxy) is 2. The Bertz CT molecular complexity index is 636. The molecule has 1 rings (SSSR count). The Morgan fingerprint density at radius 1 is 1.30 bits per heavy atom. The number of aromatic amines is 1. The maximum absolute atomic E-state index is 12.6. The number of rotatable bonds is 7. The predicted octanol–water partition coefficient (Wildman–Crippen LogP) is 3.14. The summed E-state index contributed by atoms with van der Waals surface area (Å²) in [6.45, 7) is 5.09. The molecule has 1 aromatic heterocycles. The highest BCUT2D eigenvalue weighted by Crippen LogP contribution is 2.38. The second kappa shape index (κ2) is 7.45. The highest BCUT2D eigenvalue weighted by atomic mass is 35.5. The molecule has 0 radical (unpaired) electrons. The molecule has 8 heteroatoms. The summed E-state index contributed by atoms with van der Waals surface area (Å²) in [5, 5.41) is 10.2. The van der Waals surface area contributed by atoms with Crippen LogP contribution in [-0.4, -0.2) is 34.4 Å². The van der Waals surface area contributed by atoms with Crippen molar-refractivity contribution in [1.82, 2.24) is 4.98 Å². The average molecular weight is 366 g/mol. The van der Waals surface area contributed by atoms with Crippen LogP contribution in [0.3, 0.4) is 0 Å². The molecule has 0 fully saturated rings. The second-order valence-electron chi connectivity index (χ2n) is 5.60. The number of methoxy groups -OCH3 is 2. The average Bonchev–Trinajstić information content (AvgIpc) is 2.45. The molecule has 2 atom stereocenters. The maximum atomic E-state index is 12.6. The fraction of sp³-hybridized carbons (Fsp3) is 0.600. The zero-order valence-electron chi connectivity index (χ0n) is 13.7. The van der Waals surface area contributed by atoms with E-state index < -0.39 is 27.3 Å². The lowest BCUT2D eigenvalue weighted by atomic mass is 9.89. The molecule has 0 aliphatic carbocycles. The molecule has 0 spiro atoms. The molecule has 0 aromatic carbocycles. The van der Waals surface area contributed by atoms with Gasteiger partial charge in [-0.15, -0.1) is 23.2 Å². The monoisotopic (exact) mass is 365 g/mol. The van der Waals surface area contributed by atoms with Crippen molar-refractivity contribution in [2.45, 2.75) is 31.5 Å². The van der Waals surface area contributed by atoms with Gasteiger partial charge < -0.3 is 14.6 Å². The zero-order valence-corrected chi connectivity index (χ0v) is 15.2. The summed E-state index contributed by atoms with van der Waals surface area (Å²) in [6, 6.07) is 0. The Kier molecular flexibility index (Phi) is 6.36. The number of aromatic hydroxyl groups is 1. The van der Waals surface area contributed by atoms with Gasteiger partial charge in [-0.05, 0) is 19.3 Å². The third kappa shape index (κ3) is 4.32. The van der Waals surface area contributed by atoms with Gasteiger partial charge in [-0.2, -0.15) is 0 Å². The van der Waals surface area contributed by atoms with E-state index in [1.54, 1.807) is 13.8 Å². The van der Waals surface area contributed by atoms with Crippen molar-refractivity contribution in [3.63, 3.8) is 0 Å². The topological polar surface area (TPSA) is 88.6 Å². The Morgan fingerprint density at radius 3 is 2.30 bits per heavy atom. The van der Waals surface area contributed by atoms with Crippen LogP contribution in [0.25, 0.3) is 0 Å². The number of halogens is 2. The first kappa shape index (κ1) is 19.6. The van der Waals surface area contributed by atoms with E-state index in [-0.39, 0.29) is 23.1 Å². The molecular weight excluding hydrogens is 345 g/mol. The summed E-state index contributed by atoms with van der Waals surface area (Å²) in [7, 11) is 2.60. The standard InChI is InChI=1S/C15H21Cl2NO5/c1-7(6-8(2)15(3,16)17)10(19)9-11(20)12(22-4)14(23-5)18-13(9)21/h7-8H,6H2,1-5H3,(H2,18,20,21)/t7-,8+/m1/s1. The SMILES string of the molecule is COc1[nH]c(=O)c(C(=O)[C@H](C)C[C@H](C)C(C)(Cl)Cl)c(O)c1OC. The summed E-state index contributed by atoms with van der Waals surface area (Å²) in [6.07, 6.45) is 0.357. The third-order valence-corrected chi connectivity index (χ3v) is 4.53. The van der Waals surface area contributed by atoms with Gasteiger partial charge in [0.2, 0.25) is 11.6 Å². The van der Waals surface area contributed by atoms with Crippen LogP contribution in [-0.2, 0) is 0 Å². The fourth-order valence-electron chi connectivity index (χ4n) is 2.20. The summed E-state index contributed by atoms with van der Waals surface area (Å²) in [4.78, 5) is 27.0. The minimum Gasteiger partial charge on any atom is -0.503 e. The van der Waals surface area contributed by atoms with Crippen LogP contribution in [0.15, 0.2) is 4.79 Å². The molecule has 0 amide bonds. The molecule has 0 aliphatic rings. The molecule has 2 N–H and O–H groups in total. The number of carbonyl (C=O) groups excluding carboxylic acids is 1. The lowest BCUT2D eigenvalue weighted by Crippen LogP contribution is -2.27. The quantitative estimate of drug-likeness (QED) is 0.572. The van der Waals surface area contributed by atoms with Gasteiger partial charge in [0.1, 0.15) is 9.90 Å². The number of alkyl halides is 2. The van der Waals surface area contributed by atoms with Crippen molar-refractivity contribution in [2.24, 2.45) is 11.8 Å². The van der Waals surface area contributed by atoms with Crippen molar-refractivity contribution in [3.8, 4) is 17.4 Å². The Balaban J connectivity index is 3.21. The van der Waals surface area contributed by atoms with Crippen LogP contribution in [0.4, 0.5) is 0 Å². The van der Waals surface area contributed by atoms with Crippen LogP contribution in [0, 0.1) is 11.8 Å². The molecular formula is C15H21Cl2NO5. The molecule has 23 heavy (non-hydrogen) atoms. The van der Waals surface area contributed by atoms with E-state index in [1.165, 1.54) is 14.2 Å². The Labute approximate surface area is 144 Å². The van der Waals surface area contributed by atoms with E-state index >= 15 is 0 Å². The highest BCUT2D eigenvalue weighted by Gasteiger charge is 2.32. The van der Waals surface area contributed by atoms with Gasteiger partial charge in [0, 0.05) is 5.92 Å². The van der Waals surface area contributed by atoms with Gasteiger partial charge in [0.25, 0.3) is 5.56 Å². The van der Waals surface area contributed by atoms with Gasteiger partial charge in [0.15, 0.2) is 11.5 Å². The van der Waals surface area contributed by atoms with Gasteiger partial charge in [0.05, 0.1) is 14.2 Å². The highest BCUT2D eigenvalue weighted by molar-refractivity contribution is 6.48. The molecule has 0 aliphatic heterocycles. The molecule has 1 heterocycles. The van der Waals surface area contributed by atoms with Gasteiger partial charge >= 0.3 is 0 Å². The lowest BCUT2D eigenvalue weighted by molar-refractivity contribution is 0.0907. The van der Waals surface area contributed by atoms with Crippen molar-refractivity contribution < 1.29 is 19.4 Å². The molecule has 0 saturated carbocycles. The Hall–Kier alpha value is -1.40. The van der Waals surface area contributed by atoms with Crippen molar-refractivity contribution >= 4 is 29.0 Å². The van der Waals surface area contributed by atoms with Crippen molar-refractivity contribution in [1.29, 1.82) is 0 Å². The molecule has 0 bridgehead atoms. The summed E-state index contributed by atoms with van der Waals surface area (Å²) < 4.78 is 8.90. The van der Waals surface area contributed by atoms with E-state index in [1.807, 2.05) is 6.92 Å². The van der Waals surface area contributed by atoms with Gasteiger partial charge in [-0.1, -0.05) is 13.8 Å². The fourth-order valence-corrected chi connectivity index (χ4v) is 2.38. The van der Waals surface area contributed by atoms with E-state index in [0.717, 1.165) is 0 Å². The van der Waals surface area contributed by atoms with Crippen molar-refractivity contribution in [3.05, 3.63) is 15.9 Å². The number of H-pyrrole nitrogens is 1. The number of aromatic nitrogens is 1. The first-order valence-electron chi connectivity index (χ1n) is 7.03.